The van der Waals surface area contributed by atoms with Gasteiger partial charge in [0.15, 0.2) is 0 Å². The second-order valence-electron chi connectivity index (χ2n) is 4.27. The highest BCUT2D eigenvalue weighted by Crippen LogP contribution is 2.16. The van der Waals surface area contributed by atoms with Crippen LogP contribution < -0.4 is 10.0 Å². The SMILES string of the molecule is CCc1ccccc1S(=O)(=O)NC1CCNC1.Cl. The topological polar surface area (TPSA) is 58.2 Å². The quantitative estimate of drug-likeness (QED) is 0.879. The van der Waals surface area contributed by atoms with Crippen molar-refractivity contribution in [2.45, 2.75) is 30.7 Å². The van der Waals surface area contributed by atoms with Gasteiger partial charge in [-0.15, -0.1) is 12.4 Å². The molecule has 1 saturated heterocycles. The number of hydrogen-bond donors (Lipinski definition) is 2. The molecule has 1 aliphatic rings. The van der Waals surface area contributed by atoms with Crippen molar-refractivity contribution in [2.24, 2.45) is 0 Å². The molecule has 0 aromatic heterocycles. The zero-order valence-corrected chi connectivity index (χ0v) is 12.0. The second-order valence-corrected chi connectivity index (χ2v) is 5.95. The zero-order valence-electron chi connectivity index (χ0n) is 10.3. The van der Waals surface area contributed by atoms with Crippen LogP contribution >= 0.6 is 12.4 Å². The minimum Gasteiger partial charge on any atom is -0.315 e. The van der Waals surface area contributed by atoms with E-state index < -0.39 is 10.0 Å². The third-order valence-electron chi connectivity index (χ3n) is 3.03. The van der Waals surface area contributed by atoms with Crippen molar-refractivity contribution in [1.29, 1.82) is 0 Å². The van der Waals surface area contributed by atoms with E-state index in [9.17, 15) is 8.42 Å². The van der Waals surface area contributed by atoms with Gasteiger partial charge in [0.25, 0.3) is 0 Å². The summed E-state index contributed by atoms with van der Waals surface area (Å²) in [5.74, 6) is 0. The number of nitrogens with one attached hydrogen (secondary N) is 2. The average molecular weight is 291 g/mol. The van der Waals surface area contributed by atoms with Crippen LogP contribution in [0.25, 0.3) is 0 Å². The van der Waals surface area contributed by atoms with Crippen molar-refractivity contribution < 1.29 is 8.42 Å². The monoisotopic (exact) mass is 290 g/mol. The lowest BCUT2D eigenvalue weighted by Crippen LogP contribution is -2.36. The van der Waals surface area contributed by atoms with Gasteiger partial charge >= 0.3 is 0 Å². The number of aryl methyl sites for hydroxylation is 1. The molecule has 0 radical (unpaired) electrons. The maximum absolute atomic E-state index is 12.2. The fraction of sp³-hybridized carbons (Fsp3) is 0.500. The minimum absolute atomic E-state index is 0. The molecule has 0 spiro atoms. The van der Waals surface area contributed by atoms with Crippen molar-refractivity contribution in [3.05, 3.63) is 29.8 Å². The molecule has 1 aromatic rings. The van der Waals surface area contributed by atoms with Gasteiger partial charge in [0, 0.05) is 12.6 Å². The first-order valence-electron chi connectivity index (χ1n) is 5.94. The van der Waals surface area contributed by atoms with E-state index in [0.717, 1.165) is 24.9 Å². The molecule has 1 aromatic carbocycles. The molecular weight excluding hydrogens is 272 g/mol. The first-order chi connectivity index (χ1) is 8.13. The van der Waals surface area contributed by atoms with Gasteiger partial charge in [0.2, 0.25) is 10.0 Å². The van der Waals surface area contributed by atoms with Crippen LogP contribution in [0.15, 0.2) is 29.2 Å². The van der Waals surface area contributed by atoms with Gasteiger partial charge in [-0.3, -0.25) is 0 Å². The summed E-state index contributed by atoms with van der Waals surface area (Å²) in [7, 11) is -3.38. The molecule has 1 fully saturated rings. The Bertz CT molecular complexity index is 485. The zero-order chi connectivity index (χ0) is 12.3. The number of hydrogen-bond acceptors (Lipinski definition) is 3. The van der Waals surface area contributed by atoms with Crippen LogP contribution in [-0.2, 0) is 16.4 Å². The van der Waals surface area contributed by atoms with Crippen molar-refractivity contribution in [3.8, 4) is 0 Å². The van der Waals surface area contributed by atoms with Crippen molar-refractivity contribution in [2.75, 3.05) is 13.1 Å². The largest absolute Gasteiger partial charge is 0.315 e. The predicted octanol–water partition coefficient (Wildman–Crippen LogP) is 1.31. The summed E-state index contributed by atoms with van der Waals surface area (Å²) in [5, 5.41) is 3.15. The molecule has 1 heterocycles. The molecule has 2 rings (SSSR count). The van der Waals surface area contributed by atoms with Gasteiger partial charge in [-0.05, 0) is 31.0 Å². The number of rotatable bonds is 4. The summed E-state index contributed by atoms with van der Waals surface area (Å²) in [5.41, 5.74) is 0.867. The van der Waals surface area contributed by atoms with Gasteiger partial charge in [0.05, 0.1) is 4.90 Å². The molecule has 1 atom stereocenters. The fourth-order valence-electron chi connectivity index (χ4n) is 2.10. The van der Waals surface area contributed by atoms with E-state index in [1.807, 2.05) is 19.1 Å². The standard InChI is InChI=1S/C12H18N2O2S.ClH/c1-2-10-5-3-4-6-12(10)17(15,16)14-11-7-8-13-9-11;/h3-6,11,13-14H,2,7-9H2,1H3;1H. The van der Waals surface area contributed by atoms with Crippen molar-refractivity contribution >= 4 is 22.4 Å². The molecule has 102 valence electrons. The van der Waals surface area contributed by atoms with Gasteiger partial charge < -0.3 is 5.32 Å². The summed E-state index contributed by atoms with van der Waals surface area (Å²) >= 11 is 0. The molecule has 0 aliphatic carbocycles. The number of benzene rings is 1. The Morgan fingerprint density at radius 1 is 1.39 bits per heavy atom. The lowest BCUT2D eigenvalue weighted by molar-refractivity contribution is 0.559. The summed E-state index contributed by atoms with van der Waals surface area (Å²) < 4.78 is 27.2. The van der Waals surface area contributed by atoms with Crippen LogP contribution in [0.4, 0.5) is 0 Å². The smallest absolute Gasteiger partial charge is 0.241 e. The Kier molecular flexibility index (Phi) is 5.59. The molecule has 0 amide bonds. The Morgan fingerprint density at radius 2 is 2.11 bits per heavy atom. The van der Waals surface area contributed by atoms with Crippen molar-refractivity contribution in [3.63, 3.8) is 0 Å². The average Bonchev–Trinajstić information content (AvgIpc) is 2.81. The van der Waals surface area contributed by atoms with E-state index in [2.05, 4.69) is 10.0 Å². The van der Waals surface area contributed by atoms with Gasteiger partial charge in [-0.1, -0.05) is 25.1 Å². The van der Waals surface area contributed by atoms with Crippen LogP contribution in [-0.4, -0.2) is 27.5 Å². The Balaban J connectivity index is 0.00000162. The highest BCUT2D eigenvalue weighted by atomic mass is 35.5. The molecular formula is C12H19ClN2O2S. The molecule has 4 nitrogen and oxygen atoms in total. The molecule has 0 saturated carbocycles. The Morgan fingerprint density at radius 3 is 2.72 bits per heavy atom. The van der Waals surface area contributed by atoms with E-state index in [1.165, 1.54) is 0 Å². The van der Waals surface area contributed by atoms with Crippen LogP contribution in [0, 0.1) is 0 Å². The number of sulfonamides is 1. The Hall–Kier alpha value is -0.620. The fourth-order valence-corrected chi connectivity index (χ4v) is 3.68. The molecule has 18 heavy (non-hydrogen) atoms. The normalized spacial score (nSPS) is 19.5. The summed E-state index contributed by atoms with van der Waals surface area (Å²) in [6.07, 6.45) is 1.58. The molecule has 6 heteroatoms. The van der Waals surface area contributed by atoms with Crippen LogP contribution in [0.5, 0.6) is 0 Å². The van der Waals surface area contributed by atoms with E-state index in [4.69, 9.17) is 0 Å². The Labute approximate surface area is 115 Å². The lowest BCUT2D eigenvalue weighted by Gasteiger charge is -2.14. The molecule has 1 unspecified atom stereocenters. The summed E-state index contributed by atoms with van der Waals surface area (Å²) in [6.45, 7) is 3.56. The van der Waals surface area contributed by atoms with E-state index in [0.29, 0.717) is 11.4 Å². The van der Waals surface area contributed by atoms with E-state index in [-0.39, 0.29) is 18.4 Å². The number of halogens is 1. The van der Waals surface area contributed by atoms with Crippen LogP contribution in [0.3, 0.4) is 0 Å². The predicted molar refractivity (Wildman–Crippen MR) is 74.7 cm³/mol. The minimum atomic E-state index is -3.38. The maximum Gasteiger partial charge on any atom is 0.241 e. The highest BCUT2D eigenvalue weighted by Gasteiger charge is 2.23. The lowest BCUT2D eigenvalue weighted by atomic mass is 10.2. The van der Waals surface area contributed by atoms with Gasteiger partial charge in [-0.2, -0.15) is 0 Å². The summed E-state index contributed by atoms with van der Waals surface area (Å²) in [6, 6.07) is 7.19. The summed E-state index contributed by atoms with van der Waals surface area (Å²) in [4.78, 5) is 0.411. The maximum atomic E-state index is 12.2. The van der Waals surface area contributed by atoms with E-state index in [1.54, 1.807) is 12.1 Å². The van der Waals surface area contributed by atoms with Crippen LogP contribution in [0.1, 0.15) is 18.9 Å². The highest BCUT2D eigenvalue weighted by molar-refractivity contribution is 7.89. The van der Waals surface area contributed by atoms with Crippen molar-refractivity contribution in [1.82, 2.24) is 10.0 Å². The van der Waals surface area contributed by atoms with Gasteiger partial charge in [-0.25, -0.2) is 13.1 Å². The first kappa shape index (κ1) is 15.4. The molecule has 0 bridgehead atoms. The van der Waals surface area contributed by atoms with Gasteiger partial charge in [0.1, 0.15) is 0 Å². The third kappa shape index (κ3) is 3.45. The van der Waals surface area contributed by atoms with Crippen LogP contribution in [0.2, 0.25) is 0 Å². The second kappa shape index (κ2) is 6.52. The molecule has 2 N–H and O–H groups in total. The molecule has 1 aliphatic heterocycles. The first-order valence-corrected chi connectivity index (χ1v) is 7.43. The third-order valence-corrected chi connectivity index (χ3v) is 4.65. The van der Waals surface area contributed by atoms with E-state index >= 15 is 0 Å².